The first kappa shape index (κ1) is 8.13. The lowest BCUT2D eigenvalue weighted by Gasteiger charge is -2.27. The molecule has 58 valence electrons. The predicted molar refractivity (Wildman–Crippen MR) is 46.1 cm³/mol. The van der Waals surface area contributed by atoms with Gasteiger partial charge in [0.15, 0.2) is 0 Å². The minimum Gasteiger partial charge on any atom is -0.0930 e. The average molecular weight is 159 g/mol. The van der Waals surface area contributed by atoms with Crippen LogP contribution in [0.1, 0.15) is 33.1 Å². The van der Waals surface area contributed by atoms with Crippen molar-refractivity contribution in [3.63, 3.8) is 0 Å². The number of halogens is 1. The van der Waals surface area contributed by atoms with E-state index in [4.69, 9.17) is 11.6 Å². The van der Waals surface area contributed by atoms with Crippen LogP contribution in [0.5, 0.6) is 0 Å². The molecule has 0 N–H and O–H groups in total. The summed E-state index contributed by atoms with van der Waals surface area (Å²) in [7, 11) is 0. The van der Waals surface area contributed by atoms with Crippen LogP contribution in [0.4, 0.5) is 0 Å². The molecule has 0 amide bonds. The number of hydrogen-bond acceptors (Lipinski definition) is 0. The van der Waals surface area contributed by atoms with Crippen molar-refractivity contribution in [2.24, 2.45) is 11.8 Å². The van der Waals surface area contributed by atoms with Crippen LogP contribution in [-0.4, -0.2) is 0 Å². The number of allylic oxidation sites excluding steroid dienone is 1. The maximum absolute atomic E-state index is 5.71. The largest absolute Gasteiger partial charge is 0.0930 e. The number of rotatable bonds is 0. The van der Waals surface area contributed by atoms with E-state index in [1.165, 1.54) is 24.8 Å². The van der Waals surface area contributed by atoms with Gasteiger partial charge in [-0.3, -0.25) is 0 Å². The summed E-state index contributed by atoms with van der Waals surface area (Å²) in [5.74, 6) is 1.45. The number of hydrogen-bond donors (Lipinski definition) is 0. The van der Waals surface area contributed by atoms with Gasteiger partial charge in [0.05, 0.1) is 0 Å². The third-order valence-electron chi connectivity index (χ3n) is 2.54. The molecule has 0 bridgehead atoms. The minimum atomic E-state index is 0.723. The van der Waals surface area contributed by atoms with Crippen molar-refractivity contribution in [2.75, 3.05) is 0 Å². The predicted octanol–water partition coefficient (Wildman–Crippen LogP) is 3.57. The van der Waals surface area contributed by atoms with Gasteiger partial charge in [-0.05, 0) is 24.7 Å². The molecular formula is C9H15Cl. The Morgan fingerprint density at radius 1 is 1.30 bits per heavy atom. The summed E-state index contributed by atoms with van der Waals surface area (Å²) in [5, 5.41) is 0. The van der Waals surface area contributed by atoms with Crippen LogP contribution in [0.25, 0.3) is 0 Å². The molecule has 0 nitrogen and oxygen atoms in total. The van der Waals surface area contributed by atoms with Crippen LogP contribution < -0.4 is 0 Å². The van der Waals surface area contributed by atoms with E-state index in [0.717, 1.165) is 11.8 Å². The van der Waals surface area contributed by atoms with Crippen LogP contribution in [0.15, 0.2) is 11.1 Å². The van der Waals surface area contributed by atoms with Gasteiger partial charge in [0, 0.05) is 5.54 Å². The van der Waals surface area contributed by atoms with Crippen molar-refractivity contribution in [3.8, 4) is 0 Å². The van der Waals surface area contributed by atoms with Gasteiger partial charge in [0.2, 0.25) is 0 Å². The molecule has 0 aliphatic heterocycles. The molecule has 1 fully saturated rings. The zero-order valence-corrected chi connectivity index (χ0v) is 7.49. The third-order valence-corrected chi connectivity index (χ3v) is 2.79. The zero-order valence-electron chi connectivity index (χ0n) is 6.73. The maximum Gasteiger partial charge on any atom is 0.00398 e. The molecule has 0 saturated heterocycles. The average Bonchev–Trinajstić information content (AvgIpc) is 1.88. The molecule has 0 aromatic heterocycles. The van der Waals surface area contributed by atoms with E-state index in [1.807, 2.05) is 0 Å². The fraction of sp³-hybridized carbons (Fsp3) is 0.778. The van der Waals surface area contributed by atoms with Crippen molar-refractivity contribution < 1.29 is 0 Å². The molecule has 0 aromatic rings. The summed E-state index contributed by atoms with van der Waals surface area (Å²) in [6.45, 7) is 4.54. The monoisotopic (exact) mass is 158 g/mol. The SMILES string of the molecule is CC1CCCC(C)C1=CCl. The van der Waals surface area contributed by atoms with Crippen LogP contribution >= 0.6 is 11.6 Å². The van der Waals surface area contributed by atoms with Gasteiger partial charge in [-0.2, -0.15) is 0 Å². The van der Waals surface area contributed by atoms with Gasteiger partial charge in [-0.15, -0.1) is 0 Å². The molecule has 1 aliphatic rings. The van der Waals surface area contributed by atoms with Crippen molar-refractivity contribution in [1.29, 1.82) is 0 Å². The Bertz CT molecular complexity index is 126. The van der Waals surface area contributed by atoms with Crippen molar-refractivity contribution in [3.05, 3.63) is 11.1 Å². The molecule has 1 saturated carbocycles. The molecule has 0 spiro atoms. The molecule has 2 atom stereocenters. The molecule has 1 heteroatoms. The molecule has 0 heterocycles. The van der Waals surface area contributed by atoms with Crippen molar-refractivity contribution in [2.45, 2.75) is 33.1 Å². The second-order valence-electron chi connectivity index (χ2n) is 3.34. The van der Waals surface area contributed by atoms with E-state index in [1.54, 1.807) is 5.54 Å². The second-order valence-corrected chi connectivity index (χ2v) is 3.56. The highest BCUT2D eigenvalue weighted by Crippen LogP contribution is 2.33. The molecule has 0 aromatic carbocycles. The van der Waals surface area contributed by atoms with E-state index in [0.29, 0.717) is 0 Å². The van der Waals surface area contributed by atoms with Gasteiger partial charge >= 0.3 is 0 Å². The summed E-state index contributed by atoms with van der Waals surface area (Å²) in [6, 6.07) is 0. The van der Waals surface area contributed by atoms with Crippen LogP contribution in [0.2, 0.25) is 0 Å². The Morgan fingerprint density at radius 2 is 1.80 bits per heavy atom. The fourth-order valence-corrected chi connectivity index (χ4v) is 2.19. The summed E-state index contributed by atoms with van der Waals surface area (Å²) >= 11 is 5.71. The molecule has 10 heavy (non-hydrogen) atoms. The highest BCUT2D eigenvalue weighted by atomic mass is 35.5. The first-order valence-electron chi connectivity index (χ1n) is 4.06. The third kappa shape index (κ3) is 1.54. The quantitative estimate of drug-likeness (QED) is 0.506. The van der Waals surface area contributed by atoms with Crippen molar-refractivity contribution >= 4 is 11.6 Å². The van der Waals surface area contributed by atoms with Crippen LogP contribution in [0, 0.1) is 11.8 Å². The molecule has 0 radical (unpaired) electrons. The van der Waals surface area contributed by atoms with Gasteiger partial charge in [-0.1, -0.05) is 37.4 Å². The van der Waals surface area contributed by atoms with E-state index in [-0.39, 0.29) is 0 Å². The van der Waals surface area contributed by atoms with Gasteiger partial charge < -0.3 is 0 Å². The van der Waals surface area contributed by atoms with E-state index < -0.39 is 0 Å². The molecule has 1 aliphatic carbocycles. The molecule has 2 unspecified atom stereocenters. The lowest BCUT2D eigenvalue weighted by molar-refractivity contribution is 0.405. The highest BCUT2D eigenvalue weighted by Gasteiger charge is 2.19. The Morgan fingerprint density at radius 3 is 2.10 bits per heavy atom. The fourth-order valence-electron chi connectivity index (χ4n) is 1.76. The normalized spacial score (nSPS) is 34.1. The minimum absolute atomic E-state index is 0.723. The first-order valence-corrected chi connectivity index (χ1v) is 4.49. The summed E-state index contributed by atoms with van der Waals surface area (Å²) in [5.41, 5.74) is 3.24. The lowest BCUT2D eigenvalue weighted by Crippen LogP contribution is -2.13. The topological polar surface area (TPSA) is 0 Å². The van der Waals surface area contributed by atoms with Crippen LogP contribution in [0.3, 0.4) is 0 Å². The highest BCUT2D eigenvalue weighted by molar-refractivity contribution is 6.25. The second kappa shape index (κ2) is 3.43. The zero-order chi connectivity index (χ0) is 7.56. The molecular weight excluding hydrogens is 144 g/mol. The van der Waals surface area contributed by atoms with E-state index >= 15 is 0 Å². The molecule has 1 rings (SSSR count). The Balaban J connectivity index is 2.63. The summed E-state index contributed by atoms with van der Waals surface area (Å²) in [4.78, 5) is 0. The lowest BCUT2D eigenvalue weighted by atomic mass is 9.79. The summed E-state index contributed by atoms with van der Waals surface area (Å²) < 4.78 is 0. The standard InChI is InChI=1S/C9H15Cl/c1-7-4-3-5-8(2)9(7)6-10/h6-8H,3-5H2,1-2H3. The van der Waals surface area contributed by atoms with Gasteiger partial charge in [0.25, 0.3) is 0 Å². The van der Waals surface area contributed by atoms with E-state index in [2.05, 4.69) is 13.8 Å². The van der Waals surface area contributed by atoms with E-state index in [9.17, 15) is 0 Å². The Labute approximate surface area is 68.3 Å². The van der Waals surface area contributed by atoms with Crippen LogP contribution in [-0.2, 0) is 0 Å². The van der Waals surface area contributed by atoms with Gasteiger partial charge in [0.1, 0.15) is 0 Å². The summed E-state index contributed by atoms with van der Waals surface area (Å²) in [6.07, 6.45) is 4.02. The van der Waals surface area contributed by atoms with Gasteiger partial charge in [-0.25, -0.2) is 0 Å². The first-order chi connectivity index (χ1) is 4.75. The smallest absolute Gasteiger partial charge is 0.00398 e. The Hall–Kier alpha value is 0.0300. The maximum atomic E-state index is 5.71. The Kier molecular flexibility index (Phi) is 2.79. The van der Waals surface area contributed by atoms with Crippen molar-refractivity contribution in [1.82, 2.24) is 0 Å².